The fourth-order valence-corrected chi connectivity index (χ4v) is 2.78. The van der Waals surface area contributed by atoms with Crippen LogP contribution in [0.4, 0.5) is 0 Å². The SMILES string of the molecule is CNCc1ccccc1OCCN(C)CC1CCCOC1. The van der Waals surface area contributed by atoms with E-state index in [1.54, 1.807) is 0 Å². The van der Waals surface area contributed by atoms with E-state index in [0.29, 0.717) is 5.92 Å². The molecule has 4 nitrogen and oxygen atoms in total. The molecule has 0 radical (unpaired) electrons. The minimum atomic E-state index is 0.681. The highest BCUT2D eigenvalue weighted by molar-refractivity contribution is 5.33. The zero-order chi connectivity index (χ0) is 14.9. The van der Waals surface area contributed by atoms with Crippen LogP contribution in [0.2, 0.25) is 0 Å². The highest BCUT2D eigenvalue weighted by atomic mass is 16.5. The van der Waals surface area contributed by atoms with Crippen molar-refractivity contribution in [2.45, 2.75) is 19.4 Å². The van der Waals surface area contributed by atoms with Gasteiger partial charge in [0.05, 0.1) is 6.61 Å². The Kier molecular flexibility index (Phi) is 7.00. The topological polar surface area (TPSA) is 33.7 Å². The molecule has 1 aromatic carbocycles. The molecule has 1 fully saturated rings. The van der Waals surface area contributed by atoms with Gasteiger partial charge in [0.25, 0.3) is 0 Å². The number of likely N-dealkylation sites (N-methyl/N-ethyl adjacent to an activating group) is 1. The molecule has 1 N–H and O–H groups in total. The van der Waals surface area contributed by atoms with Crippen molar-refractivity contribution in [3.63, 3.8) is 0 Å². The first-order chi connectivity index (χ1) is 10.3. The van der Waals surface area contributed by atoms with Crippen LogP contribution < -0.4 is 10.1 Å². The van der Waals surface area contributed by atoms with Crippen LogP contribution in [-0.2, 0) is 11.3 Å². The van der Waals surface area contributed by atoms with E-state index in [4.69, 9.17) is 9.47 Å². The van der Waals surface area contributed by atoms with E-state index in [1.807, 2.05) is 19.2 Å². The Morgan fingerprint density at radius 3 is 3.00 bits per heavy atom. The molecule has 1 aliphatic rings. The van der Waals surface area contributed by atoms with Gasteiger partial charge in [-0.1, -0.05) is 18.2 Å². The summed E-state index contributed by atoms with van der Waals surface area (Å²) in [6.07, 6.45) is 2.49. The van der Waals surface area contributed by atoms with Crippen LogP contribution in [-0.4, -0.2) is 51.9 Å². The van der Waals surface area contributed by atoms with Crippen LogP contribution in [0.15, 0.2) is 24.3 Å². The van der Waals surface area contributed by atoms with Gasteiger partial charge in [-0.2, -0.15) is 0 Å². The van der Waals surface area contributed by atoms with Crippen LogP contribution in [0.3, 0.4) is 0 Å². The average molecular weight is 292 g/mol. The summed E-state index contributed by atoms with van der Waals surface area (Å²) in [5, 5.41) is 3.17. The van der Waals surface area contributed by atoms with Gasteiger partial charge >= 0.3 is 0 Å². The molecular formula is C17H28N2O2. The Hall–Kier alpha value is -1.10. The van der Waals surface area contributed by atoms with Gasteiger partial charge in [0.1, 0.15) is 12.4 Å². The Labute approximate surface area is 128 Å². The number of hydrogen-bond donors (Lipinski definition) is 1. The Morgan fingerprint density at radius 1 is 1.38 bits per heavy atom. The zero-order valence-electron chi connectivity index (χ0n) is 13.3. The van der Waals surface area contributed by atoms with E-state index >= 15 is 0 Å². The van der Waals surface area contributed by atoms with E-state index < -0.39 is 0 Å². The number of benzene rings is 1. The molecule has 4 heteroatoms. The first-order valence-electron chi connectivity index (χ1n) is 7.91. The van der Waals surface area contributed by atoms with Gasteiger partial charge in [0, 0.05) is 31.8 Å². The summed E-state index contributed by atoms with van der Waals surface area (Å²) >= 11 is 0. The van der Waals surface area contributed by atoms with Crippen molar-refractivity contribution in [3.8, 4) is 5.75 Å². The van der Waals surface area contributed by atoms with Crippen molar-refractivity contribution >= 4 is 0 Å². The molecule has 1 atom stereocenters. The summed E-state index contributed by atoms with van der Waals surface area (Å²) in [5.74, 6) is 1.67. The molecule has 0 aromatic heterocycles. The lowest BCUT2D eigenvalue weighted by atomic mass is 10.0. The van der Waals surface area contributed by atoms with Crippen LogP contribution in [0.1, 0.15) is 18.4 Å². The maximum atomic E-state index is 5.94. The van der Waals surface area contributed by atoms with Gasteiger partial charge in [0.15, 0.2) is 0 Å². The van der Waals surface area contributed by atoms with Gasteiger partial charge in [-0.3, -0.25) is 0 Å². The first-order valence-corrected chi connectivity index (χ1v) is 7.91. The largest absolute Gasteiger partial charge is 0.492 e. The fraction of sp³-hybridized carbons (Fsp3) is 0.647. The Balaban J connectivity index is 1.70. The number of hydrogen-bond acceptors (Lipinski definition) is 4. The third-order valence-electron chi connectivity index (χ3n) is 3.89. The molecule has 0 bridgehead atoms. The van der Waals surface area contributed by atoms with E-state index in [1.165, 1.54) is 18.4 Å². The lowest BCUT2D eigenvalue weighted by Crippen LogP contribution is -2.33. The molecule has 1 aliphatic heterocycles. The second kappa shape index (κ2) is 9.03. The van der Waals surface area contributed by atoms with Crippen LogP contribution in [0.5, 0.6) is 5.75 Å². The van der Waals surface area contributed by atoms with E-state index in [0.717, 1.165) is 45.2 Å². The van der Waals surface area contributed by atoms with Crippen molar-refractivity contribution in [1.82, 2.24) is 10.2 Å². The molecule has 0 amide bonds. The number of nitrogens with zero attached hydrogens (tertiary/aromatic N) is 1. The maximum Gasteiger partial charge on any atom is 0.123 e. The van der Waals surface area contributed by atoms with Gasteiger partial charge in [-0.15, -0.1) is 0 Å². The number of rotatable bonds is 8. The molecule has 1 heterocycles. The molecule has 0 saturated carbocycles. The minimum Gasteiger partial charge on any atom is -0.492 e. The lowest BCUT2D eigenvalue weighted by Gasteiger charge is -2.27. The van der Waals surface area contributed by atoms with Crippen molar-refractivity contribution in [3.05, 3.63) is 29.8 Å². The molecular weight excluding hydrogens is 264 g/mol. The number of para-hydroxylation sites is 1. The third kappa shape index (κ3) is 5.65. The fourth-order valence-electron chi connectivity index (χ4n) is 2.78. The Morgan fingerprint density at radius 2 is 2.24 bits per heavy atom. The van der Waals surface area contributed by atoms with Crippen molar-refractivity contribution < 1.29 is 9.47 Å². The van der Waals surface area contributed by atoms with Gasteiger partial charge in [0.2, 0.25) is 0 Å². The summed E-state index contributed by atoms with van der Waals surface area (Å²) in [6, 6.07) is 8.23. The van der Waals surface area contributed by atoms with E-state index in [-0.39, 0.29) is 0 Å². The minimum absolute atomic E-state index is 0.681. The average Bonchev–Trinajstić information content (AvgIpc) is 2.50. The van der Waals surface area contributed by atoms with Crippen molar-refractivity contribution in [1.29, 1.82) is 0 Å². The number of nitrogens with one attached hydrogen (secondary N) is 1. The summed E-state index contributed by atoms with van der Waals surface area (Å²) < 4.78 is 11.5. The highest BCUT2D eigenvalue weighted by Crippen LogP contribution is 2.18. The first kappa shape index (κ1) is 16.3. The maximum absolute atomic E-state index is 5.94. The Bertz CT molecular complexity index is 406. The number of ether oxygens (including phenoxy) is 2. The highest BCUT2D eigenvalue weighted by Gasteiger charge is 2.15. The molecule has 2 rings (SSSR count). The van der Waals surface area contributed by atoms with Crippen molar-refractivity contribution in [2.75, 3.05) is 47.0 Å². The molecule has 1 aromatic rings. The smallest absolute Gasteiger partial charge is 0.123 e. The monoisotopic (exact) mass is 292 g/mol. The zero-order valence-corrected chi connectivity index (χ0v) is 13.3. The molecule has 0 aliphatic carbocycles. The van der Waals surface area contributed by atoms with Crippen molar-refractivity contribution in [2.24, 2.45) is 5.92 Å². The van der Waals surface area contributed by atoms with Gasteiger partial charge < -0.3 is 19.7 Å². The van der Waals surface area contributed by atoms with E-state index in [9.17, 15) is 0 Å². The summed E-state index contributed by atoms with van der Waals surface area (Å²) in [4.78, 5) is 2.35. The predicted molar refractivity (Wildman–Crippen MR) is 85.7 cm³/mol. The van der Waals surface area contributed by atoms with Crippen LogP contribution in [0, 0.1) is 5.92 Å². The summed E-state index contributed by atoms with van der Waals surface area (Å²) in [7, 11) is 4.12. The van der Waals surface area contributed by atoms with Gasteiger partial charge in [-0.25, -0.2) is 0 Å². The third-order valence-corrected chi connectivity index (χ3v) is 3.89. The van der Waals surface area contributed by atoms with Gasteiger partial charge in [-0.05, 0) is 38.9 Å². The normalized spacial score (nSPS) is 18.9. The second-order valence-electron chi connectivity index (χ2n) is 5.83. The van der Waals surface area contributed by atoms with Crippen LogP contribution in [0.25, 0.3) is 0 Å². The molecule has 1 unspecified atom stereocenters. The predicted octanol–water partition coefficient (Wildman–Crippen LogP) is 2.14. The van der Waals surface area contributed by atoms with E-state index in [2.05, 4.69) is 29.4 Å². The quantitative estimate of drug-likeness (QED) is 0.796. The molecule has 21 heavy (non-hydrogen) atoms. The van der Waals surface area contributed by atoms with Crippen LogP contribution >= 0.6 is 0 Å². The summed E-state index contributed by atoms with van der Waals surface area (Å²) in [6.45, 7) is 5.46. The standard InChI is InChI=1S/C17H28N2O2/c1-18-12-16-7-3-4-8-17(16)21-11-9-19(2)13-15-6-5-10-20-14-15/h3-4,7-8,15,18H,5-6,9-14H2,1-2H3. The summed E-state index contributed by atoms with van der Waals surface area (Å²) in [5.41, 5.74) is 1.21. The second-order valence-corrected chi connectivity index (χ2v) is 5.83. The molecule has 1 saturated heterocycles. The molecule has 118 valence electrons. The molecule has 0 spiro atoms. The lowest BCUT2D eigenvalue weighted by molar-refractivity contribution is 0.0405.